The van der Waals surface area contributed by atoms with Gasteiger partial charge in [-0.1, -0.05) is 265 Å². The fourth-order valence-corrected chi connectivity index (χ4v) is 20.4. The van der Waals surface area contributed by atoms with Gasteiger partial charge in [0.2, 0.25) is 0 Å². The van der Waals surface area contributed by atoms with Crippen LogP contribution in [0.4, 0.5) is 17.1 Å². The topological polar surface area (TPSA) is 3.24 Å². The lowest BCUT2D eigenvalue weighted by Gasteiger charge is -2.31. The molecule has 20 rings (SSSR count). The number of nitrogens with zero attached hydrogens (tertiary/aromatic N) is 1. The summed E-state index contributed by atoms with van der Waals surface area (Å²) in [5.41, 5.74) is 47.8. The molecule has 0 saturated carbocycles. The minimum atomic E-state index is -0.302. The minimum Gasteiger partial charge on any atom is -0.310 e. The monoisotopic (exact) mass is 1320 g/mol. The molecule has 14 aromatic rings. The standard InChI is InChI=1S/C102H85N/c1-58-31-39-66(53-79(58)64-37-45-75-73-43-35-62(49-88(73)100(9,10)90(75)51-64)60-33-41-71-68-23-17-20-28-83(68)97(3,4)86(71)47-60)103(95-57-94-96(78-27-16-15-26-77(78)95)82-56-92-81(55-93(82)102(94,13)14)70-25-19-22-30-85(70)99(92,7)8)67-40-32-59(2)80(54-67)65-38-46-76-74-44-36-63(50-89(74)101(11,12)91(76)52-65)61-34-42-72-69-24-18-21-29-84(69)98(5,6)87(72)48-61/h15-57H,1-14H3. The van der Waals surface area contributed by atoms with Gasteiger partial charge in [-0.05, 0) is 287 Å². The highest BCUT2D eigenvalue weighted by atomic mass is 15.1. The zero-order valence-corrected chi connectivity index (χ0v) is 61.8. The van der Waals surface area contributed by atoms with Crippen molar-refractivity contribution in [3.8, 4) is 111 Å². The van der Waals surface area contributed by atoms with E-state index in [4.69, 9.17) is 0 Å². The van der Waals surface area contributed by atoms with Gasteiger partial charge in [-0.15, -0.1) is 0 Å². The first-order valence-corrected chi connectivity index (χ1v) is 37.4. The lowest BCUT2D eigenvalue weighted by molar-refractivity contribution is 0.652. The third-order valence-electron chi connectivity index (χ3n) is 26.4. The molecule has 1 nitrogen and oxygen atoms in total. The van der Waals surface area contributed by atoms with Gasteiger partial charge in [0.25, 0.3) is 0 Å². The van der Waals surface area contributed by atoms with E-state index in [2.05, 4.69) is 363 Å². The van der Waals surface area contributed by atoms with Gasteiger partial charge in [0.05, 0.1) is 5.69 Å². The molecular formula is C102H85N. The molecule has 0 bridgehead atoms. The van der Waals surface area contributed by atoms with Crippen molar-refractivity contribution in [1.29, 1.82) is 0 Å². The van der Waals surface area contributed by atoms with Crippen LogP contribution in [0.2, 0.25) is 0 Å². The fraction of sp³-hybridized carbons (Fsp3) is 0.196. The molecule has 0 radical (unpaired) electrons. The van der Waals surface area contributed by atoms with E-state index in [9.17, 15) is 0 Å². The summed E-state index contributed by atoms with van der Waals surface area (Å²) in [6.45, 7) is 33.6. The Balaban J connectivity index is 0.710. The molecule has 0 unspecified atom stereocenters. The Bertz CT molecular complexity index is 5870. The van der Waals surface area contributed by atoms with E-state index < -0.39 is 0 Å². The maximum Gasteiger partial charge on any atom is 0.0543 e. The van der Waals surface area contributed by atoms with E-state index in [1.54, 1.807) is 0 Å². The highest BCUT2D eigenvalue weighted by Crippen LogP contribution is 2.61. The molecule has 6 aliphatic carbocycles. The third kappa shape index (κ3) is 8.43. The molecule has 14 aromatic carbocycles. The fourth-order valence-electron chi connectivity index (χ4n) is 20.4. The maximum atomic E-state index is 2.60. The Kier molecular flexibility index (Phi) is 12.6. The molecule has 0 N–H and O–H groups in total. The molecule has 0 saturated heterocycles. The zero-order valence-electron chi connectivity index (χ0n) is 61.8. The molecule has 498 valence electrons. The third-order valence-corrected chi connectivity index (χ3v) is 26.4. The van der Waals surface area contributed by atoms with E-state index in [0.29, 0.717) is 0 Å². The van der Waals surface area contributed by atoms with Crippen molar-refractivity contribution in [3.63, 3.8) is 0 Å². The molecule has 0 amide bonds. The van der Waals surface area contributed by atoms with Gasteiger partial charge >= 0.3 is 0 Å². The van der Waals surface area contributed by atoms with Crippen LogP contribution in [0, 0.1) is 13.8 Å². The summed E-state index contributed by atoms with van der Waals surface area (Å²) in [6.07, 6.45) is 0. The van der Waals surface area contributed by atoms with Gasteiger partial charge in [0.15, 0.2) is 0 Å². The normalized spacial score (nSPS) is 16.3. The summed E-state index contributed by atoms with van der Waals surface area (Å²) >= 11 is 0. The number of benzene rings is 14. The second-order valence-electron chi connectivity index (χ2n) is 34.1. The maximum absolute atomic E-state index is 2.60. The van der Waals surface area contributed by atoms with Crippen LogP contribution < -0.4 is 4.90 Å². The van der Waals surface area contributed by atoms with Gasteiger partial charge in [0, 0.05) is 49.3 Å². The molecule has 6 aliphatic rings. The molecule has 0 spiro atoms. The molecule has 0 fully saturated rings. The van der Waals surface area contributed by atoms with Gasteiger partial charge in [-0.2, -0.15) is 0 Å². The number of rotatable bonds is 7. The Hall–Kier alpha value is -10.9. The molecule has 0 heterocycles. The van der Waals surface area contributed by atoms with E-state index in [1.807, 2.05) is 0 Å². The van der Waals surface area contributed by atoms with Gasteiger partial charge in [0.1, 0.15) is 0 Å². The van der Waals surface area contributed by atoms with Crippen LogP contribution in [0.15, 0.2) is 261 Å². The van der Waals surface area contributed by atoms with Crippen LogP contribution in [-0.2, 0) is 32.5 Å². The van der Waals surface area contributed by atoms with Crippen LogP contribution in [0.25, 0.3) is 122 Å². The summed E-state index contributed by atoms with van der Waals surface area (Å²) in [7, 11) is 0. The van der Waals surface area contributed by atoms with Crippen molar-refractivity contribution in [2.75, 3.05) is 4.90 Å². The molecule has 0 atom stereocenters. The van der Waals surface area contributed by atoms with Crippen molar-refractivity contribution in [3.05, 3.63) is 339 Å². The van der Waals surface area contributed by atoms with Gasteiger partial charge in [-0.25, -0.2) is 0 Å². The molecular weight excluding hydrogens is 1240 g/mol. The molecule has 103 heavy (non-hydrogen) atoms. The summed E-state index contributed by atoms with van der Waals surface area (Å²) in [6, 6.07) is 102. The number of aryl methyl sites for hydroxylation is 2. The second kappa shape index (κ2) is 20.9. The first-order chi connectivity index (χ1) is 49.4. The van der Waals surface area contributed by atoms with Crippen LogP contribution in [-0.4, -0.2) is 0 Å². The number of hydrogen-bond donors (Lipinski definition) is 0. The zero-order chi connectivity index (χ0) is 70.5. The van der Waals surface area contributed by atoms with Crippen LogP contribution in [0.5, 0.6) is 0 Å². The SMILES string of the molecule is Cc1ccc(N(c2ccc(C)c(-c3ccc4c(c3)C(C)(C)c3cc(-c5ccc6c(c5)C(C)(C)c5ccccc5-6)ccc3-4)c2)c2cc3c(c4ccccc24)-c2cc4c(cc2C3(C)C)-c2ccccc2C4(C)C)cc1-c1ccc2c(c1)C(C)(C)c1cc(-c3ccc4c(c3)C(C)(C)c3ccccc3-4)ccc1-2. The molecule has 0 aromatic heterocycles. The van der Waals surface area contributed by atoms with E-state index in [0.717, 1.165) is 11.4 Å². The number of hydrogen-bond acceptors (Lipinski definition) is 1. The predicted octanol–water partition coefficient (Wildman–Crippen LogP) is 27.4. The lowest BCUT2D eigenvalue weighted by Crippen LogP contribution is -2.18. The van der Waals surface area contributed by atoms with Crippen LogP contribution in [0.1, 0.15) is 161 Å². The Labute approximate surface area is 608 Å². The van der Waals surface area contributed by atoms with E-state index in [-0.39, 0.29) is 32.5 Å². The number of fused-ring (bicyclic) bond motifs is 20. The number of anilines is 3. The first kappa shape index (κ1) is 62.0. The average molecular weight is 1320 g/mol. The van der Waals surface area contributed by atoms with Gasteiger partial charge < -0.3 is 4.90 Å². The molecule has 1 heteroatoms. The van der Waals surface area contributed by atoms with E-state index >= 15 is 0 Å². The Morgan fingerprint density at radius 3 is 0.874 bits per heavy atom. The molecule has 0 aliphatic heterocycles. The van der Waals surface area contributed by atoms with Crippen LogP contribution in [0.3, 0.4) is 0 Å². The van der Waals surface area contributed by atoms with Crippen LogP contribution >= 0.6 is 0 Å². The van der Waals surface area contributed by atoms with Crippen molar-refractivity contribution in [2.24, 2.45) is 0 Å². The quantitative estimate of drug-likeness (QED) is 0.154. The lowest BCUT2D eigenvalue weighted by atomic mass is 9.79. The van der Waals surface area contributed by atoms with Crippen molar-refractivity contribution >= 4 is 27.8 Å². The predicted molar refractivity (Wildman–Crippen MR) is 435 cm³/mol. The summed E-state index contributed by atoms with van der Waals surface area (Å²) in [5, 5.41) is 2.51. The smallest absolute Gasteiger partial charge is 0.0543 e. The van der Waals surface area contributed by atoms with E-state index in [1.165, 1.54) is 206 Å². The van der Waals surface area contributed by atoms with Crippen molar-refractivity contribution in [1.82, 2.24) is 0 Å². The second-order valence-corrected chi connectivity index (χ2v) is 34.1. The summed E-state index contributed by atoms with van der Waals surface area (Å²) in [5.74, 6) is 0. The summed E-state index contributed by atoms with van der Waals surface area (Å²) in [4.78, 5) is 2.60. The Morgan fingerprint density at radius 1 is 0.194 bits per heavy atom. The first-order valence-electron chi connectivity index (χ1n) is 37.4. The minimum absolute atomic E-state index is 0.0662. The van der Waals surface area contributed by atoms with Crippen molar-refractivity contribution < 1.29 is 0 Å². The average Bonchev–Trinajstić information content (AvgIpc) is 1.55. The highest BCUT2D eigenvalue weighted by molar-refractivity contribution is 6.11. The largest absolute Gasteiger partial charge is 0.310 e. The van der Waals surface area contributed by atoms with Gasteiger partial charge in [-0.3, -0.25) is 0 Å². The highest BCUT2D eigenvalue weighted by Gasteiger charge is 2.45. The Morgan fingerprint density at radius 2 is 0.476 bits per heavy atom. The van der Waals surface area contributed by atoms with Crippen molar-refractivity contribution in [2.45, 2.75) is 129 Å². The summed E-state index contributed by atoms with van der Waals surface area (Å²) < 4.78 is 0.